The van der Waals surface area contributed by atoms with E-state index in [-0.39, 0.29) is 17.1 Å². The van der Waals surface area contributed by atoms with Crippen molar-refractivity contribution in [1.29, 1.82) is 0 Å². The molecule has 1 aromatic carbocycles. The van der Waals surface area contributed by atoms with Crippen molar-refractivity contribution in [2.75, 3.05) is 18.5 Å². The van der Waals surface area contributed by atoms with E-state index in [4.69, 9.17) is 4.74 Å². The van der Waals surface area contributed by atoms with Gasteiger partial charge in [-0.2, -0.15) is 0 Å². The number of nitrogens with one attached hydrogen (secondary N) is 1. The minimum absolute atomic E-state index is 0.0889. The first-order valence-corrected chi connectivity index (χ1v) is 13.4. The fraction of sp³-hybridized carbons (Fsp3) is 0.565. The van der Waals surface area contributed by atoms with Crippen molar-refractivity contribution in [3.8, 4) is 0 Å². The van der Waals surface area contributed by atoms with Crippen molar-refractivity contribution in [3.63, 3.8) is 0 Å². The molecule has 2 fully saturated rings. The standard InChI is InChI=1S/C23H30N2O4S2/c1-15(2)21-14-30-23(24-21)25-22(26)20(13-16-9-11-29-12-10-16)17-3-5-18(6-4-17)31(27,28)19-7-8-19/h3-6,14-16,19-20H,7-13H2,1-2H3,(H,24,25,26)/t20-/m1/s1. The lowest BCUT2D eigenvalue weighted by Gasteiger charge is -2.26. The van der Waals surface area contributed by atoms with Gasteiger partial charge in [0.25, 0.3) is 0 Å². The molecule has 6 nitrogen and oxygen atoms in total. The number of carbonyl (C=O) groups is 1. The van der Waals surface area contributed by atoms with Crippen LogP contribution in [0.2, 0.25) is 0 Å². The Morgan fingerprint density at radius 2 is 1.84 bits per heavy atom. The summed E-state index contributed by atoms with van der Waals surface area (Å²) in [5.74, 6) is 0.268. The second kappa shape index (κ2) is 9.38. The molecule has 8 heteroatoms. The third kappa shape index (κ3) is 5.35. The molecule has 0 radical (unpaired) electrons. The van der Waals surface area contributed by atoms with E-state index in [2.05, 4.69) is 24.1 Å². The second-order valence-corrected chi connectivity index (χ2v) is 12.0. The molecule has 1 saturated carbocycles. The van der Waals surface area contributed by atoms with Gasteiger partial charge in [-0.05, 0) is 61.6 Å². The zero-order valence-electron chi connectivity index (χ0n) is 18.0. The van der Waals surface area contributed by atoms with E-state index in [1.54, 1.807) is 24.3 Å². The minimum Gasteiger partial charge on any atom is -0.381 e. The number of rotatable bonds is 8. The Kier molecular flexibility index (Phi) is 6.79. The van der Waals surface area contributed by atoms with Gasteiger partial charge in [0.2, 0.25) is 5.91 Å². The maximum atomic E-state index is 13.3. The predicted octanol–water partition coefficient (Wildman–Crippen LogP) is 4.74. The number of aromatic nitrogens is 1. The zero-order valence-corrected chi connectivity index (χ0v) is 19.7. The number of amides is 1. The molecule has 1 atom stereocenters. The van der Waals surface area contributed by atoms with E-state index >= 15 is 0 Å². The van der Waals surface area contributed by atoms with Gasteiger partial charge in [-0.25, -0.2) is 13.4 Å². The van der Waals surface area contributed by atoms with Crippen LogP contribution in [0, 0.1) is 5.92 Å². The fourth-order valence-electron chi connectivity index (χ4n) is 3.97. The van der Waals surface area contributed by atoms with E-state index in [1.807, 2.05) is 5.38 Å². The number of sulfone groups is 1. The number of benzene rings is 1. The summed E-state index contributed by atoms with van der Waals surface area (Å²) in [6.07, 6.45) is 4.07. The first-order chi connectivity index (χ1) is 14.8. The highest BCUT2D eigenvalue weighted by Gasteiger charge is 2.37. The summed E-state index contributed by atoms with van der Waals surface area (Å²) in [4.78, 5) is 18.2. The van der Waals surface area contributed by atoms with Crippen LogP contribution >= 0.6 is 11.3 Å². The molecule has 168 valence electrons. The Balaban J connectivity index is 1.54. The number of thiazole rings is 1. The highest BCUT2D eigenvalue weighted by Crippen LogP contribution is 2.35. The Bertz CT molecular complexity index is 1000. The lowest BCUT2D eigenvalue weighted by atomic mass is 9.84. The average molecular weight is 463 g/mol. The lowest BCUT2D eigenvalue weighted by Crippen LogP contribution is -2.26. The number of hydrogen-bond acceptors (Lipinski definition) is 6. The molecule has 2 aromatic rings. The van der Waals surface area contributed by atoms with Crippen LogP contribution in [0.3, 0.4) is 0 Å². The van der Waals surface area contributed by atoms with E-state index in [0.29, 0.717) is 28.3 Å². The molecule has 31 heavy (non-hydrogen) atoms. The van der Waals surface area contributed by atoms with Crippen LogP contribution < -0.4 is 5.32 Å². The topological polar surface area (TPSA) is 85.4 Å². The van der Waals surface area contributed by atoms with Gasteiger partial charge in [0, 0.05) is 18.6 Å². The molecule has 1 N–H and O–H groups in total. The molecule has 1 amide bonds. The Morgan fingerprint density at radius 1 is 1.16 bits per heavy atom. The van der Waals surface area contributed by atoms with Crippen molar-refractivity contribution >= 4 is 32.2 Å². The summed E-state index contributed by atoms with van der Waals surface area (Å²) in [5.41, 5.74) is 1.82. The van der Waals surface area contributed by atoms with Crippen molar-refractivity contribution in [2.45, 2.75) is 67.9 Å². The molecular weight excluding hydrogens is 432 g/mol. The number of nitrogens with zero attached hydrogens (tertiary/aromatic N) is 1. The maximum Gasteiger partial charge on any atom is 0.233 e. The van der Waals surface area contributed by atoms with Crippen LogP contribution in [0.4, 0.5) is 5.13 Å². The molecule has 2 heterocycles. The lowest BCUT2D eigenvalue weighted by molar-refractivity contribution is -0.118. The van der Waals surface area contributed by atoms with E-state index < -0.39 is 9.84 Å². The van der Waals surface area contributed by atoms with E-state index in [1.165, 1.54) is 11.3 Å². The summed E-state index contributed by atoms with van der Waals surface area (Å²) in [5, 5.41) is 5.35. The molecule has 1 aromatic heterocycles. The Morgan fingerprint density at radius 3 is 2.42 bits per heavy atom. The van der Waals surface area contributed by atoms with Crippen molar-refractivity contribution < 1.29 is 17.9 Å². The maximum absolute atomic E-state index is 13.3. The van der Waals surface area contributed by atoms with Gasteiger partial charge < -0.3 is 10.1 Å². The van der Waals surface area contributed by atoms with Crippen LogP contribution in [0.25, 0.3) is 0 Å². The van der Waals surface area contributed by atoms with Crippen LogP contribution in [0.15, 0.2) is 34.5 Å². The number of ether oxygens (including phenoxy) is 1. The monoisotopic (exact) mass is 462 g/mol. The quantitative estimate of drug-likeness (QED) is 0.612. The molecule has 2 aliphatic rings. The average Bonchev–Trinajstić information content (AvgIpc) is 3.53. The molecule has 0 bridgehead atoms. The van der Waals surface area contributed by atoms with E-state index in [9.17, 15) is 13.2 Å². The summed E-state index contributed by atoms with van der Waals surface area (Å²) in [6, 6.07) is 6.93. The minimum atomic E-state index is -3.24. The summed E-state index contributed by atoms with van der Waals surface area (Å²) < 4.78 is 30.5. The zero-order chi connectivity index (χ0) is 22.0. The largest absolute Gasteiger partial charge is 0.381 e. The van der Waals surface area contributed by atoms with Crippen LogP contribution in [0.5, 0.6) is 0 Å². The highest BCUT2D eigenvalue weighted by molar-refractivity contribution is 7.92. The van der Waals surface area contributed by atoms with Crippen LogP contribution in [0.1, 0.15) is 69.0 Å². The van der Waals surface area contributed by atoms with Gasteiger partial charge in [-0.15, -0.1) is 11.3 Å². The second-order valence-electron chi connectivity index (χ2n) is 8.88. The molecule has 1 aliphatic carbocycles. The van der Waals surface area contributed by atoms with Crippen LogP contribution in [-0.2, 0) is 19.4 Å². The molecule has 0 spiro atoms. The summed E-state index contributed by atoms with van der Waals surface area (Å²) >= 11 is 1.44. The normalized spacial score (nSPS) is 18.8. The van der Waals surface area contributed by atoms with E-state index in [0.717, 1.165) is 50.2 Å². The van der Waals surface area contributed by atoms with Gasteiger partial charge in [-0.1, -0.05) is 26.0 Å². The first-order valence-electron chi connectivity index (χ1n) is 11.0. The van der Waals surface area contributed by atoms with Gasteiger partial charge in [0.1, 0.15) is 0 Å². The van der Waals surface area contributed by atoms with Crippen LogP contribution in [-0.4, -0.2) is 37.8 Å². The Labute approximate surface area is 188 Å². The van der Waals surface area contributed by atoms with Gasteiger partial charge in [0.05, 0.1) is 21.8 Å². The summed E-state index contributed by atoms with van der Waals surface area (Å²) in [6.45, 7) is 5.60. The molecule has 4 rings (SSSR count). The van der Waals surface area contributed by atoms with Gasteiger partial charge >= 0.3 is 0 Å². The van der Waals surface area contributed by atoms with Crippen molar-refractivity contribution in [1.82, 2.24) is 4.98 Å². The van der Waals surface area contributed by atoms with Crippen molar-refractivity contribution in [2.24, 2.45) is 5.92 Å². The first kappa shape index (κ1) is 22.4. The third-order valence-corrected chi connectivity index (χ3v) is 9.20. The fourth-order valence-corrected chi connectivity index (χ4v) is 6.50. The molecular formula is C23H30N2O4S2. The predicted molar refractivity (Wildman–Crippen MR) is 122 cm³/mol. The third-order valence-electron chi connectivity index (χ3n) is 6.14. The van der Waals surface area contributed by atoms with Crippen molar-refractivity contribution in [3.05, 3.63) is 40.9 Å². The van der Waals surface area contributed by atoms with Gasteiger partial charge in [0.15, 0.2) is 15.0 Å². The summed E-state index contributed by atoms with van der Waals surface area (Å²) in [7, 11) is -3.24. The Hall–Kier alpha value is -1.77. The number of carbonyl (C=O) groups excluding carboxylic acids is 1. The number of hydrogen-bond donors (Lipinski definition) is 1. The highest BCUT2D eigenvalue weighted by atomic mass is 32.2. The smallest absolute Gasteiger partial charge is 0.233 e. The molecule has 1 aliphatic heterocycles. The van der Waals surface area contributed by atoms with Gasteiger partial charge in [-0.3, -0.25) is 4.79 Å². The number of anilines is 1. The molecule has 0 unspecified atom stereocenters. The SMILES string of the molecule is CC(C)c1csc(NC(=O)[C@H](CC2CCOCC2)c2ccc(S(=O)(=O)C3CC3)cc2)n1. The molecule has 1 saturated heterocycles.